The van der Waals surface area contributed by atoms with Gasteiger partial charge < -0.3 is 29.3 Å². The normalized spacial score (nSPS) is 22.4. The van der Waals surface area contributed by atoms with Gasteiger partial charge in [-0.2, -0.15) is 0 Å². The van der Waals surface area contributed by atoms with E-state index in [1.54, 1.807) is 26.0 Å². The molecule has 2 aliphatic heterocycles. The lowest BCUT2D eigenvalue weighted by Gasteiger charge is -2.39. The van der Waals surface area contributed by atoms with Crippen LogP contribution in [-0.2, 0) is 28.0 Å². The molecule has 39 heavy (non-hydrogen) atoms. The Hall–Kier alpha value is -3.77. The van der Waals surface area contributed by atoms with Gasteiger partial charge in [0.1, 0.15) is 11.7 Å². The summed E-state index contributed by atoms with van der Waals surface area (Å²) in [6.45, 7) is 5.57. The van der Waals surface area contributed by atoms with Crippen molar-refractivity contribution < 1.29 is 37.9 Å². The molecule has 0 saturated carbocycles. The zero-order chi connectivity index (χ0) is 28.5. The van der Waals surface area contributed by atoms with Crippen molar-refractivity contribution in [2.45, 2.75) is 71.3 Å². The molecule has 0 aliphatic carbocycles. The molecular formula is C27H34BN3O8. The molecule has 0 radical (unpaired) electrons. The number of pyridine rings is 1. The van der Waals surface area contributed by atoms with Crippen molar-refractivity contribution in [2.75, 3.05) is 0 Å². The lowest BCUT2D eigenvalue weighted by molar-refractivity contribution is -0.154. The Balaban J connectivity index is 1.57. The maximum atomic E-state index is 13.5. The van der Waals surface area contributed by atoms with Gasteiger partial charge in [-0.05, 0) is 31.4 Å². The van der Waals surface area contributed by atoms with Gasteiger partial charge in [-0.1, -0.05) is 50.2 Å². The van der Waals surface area contributed by atoms with Crippen LogP contribution in [0.3, 0.4) is 0 Å². The minimum absolute atomic E-state index is 0.00253. The summed E-state index contributed by atoms with van der Waals surface area (Å²) in [5, 5.41) is 15.8. The number of nitrogens with zero attached hydrogens (tertiary/aromatic N) is 1. The van der Waals surface area contributed by atoms with E-state index < -0.39 is 60.8 Å². The standard InChI is InChI=1S/C27H34BN3O8/c1-15(2)14-22(28-37-26(35)17(4)39(28)18(5)27(36)38-28)30-25(34)23(16(3)32)31-24(33)21-13-9-12-20(29-21)19-10-7-6-8-11-19/h6-13,15-18,22-23,32H,14H2,1-5H3,(H,30,34)(H,31,33)/t16-,17-,18-,22+,23+/m1/s1. The number of amides is 2. The fourth-order valence-electron chi connectivity index (χ4n) is 5.16. The molecule has 2 saturated heterocycles. The van der Waals surface area contributed by atoms with E-state index in [2.05, 4.69) is 19.9 Å². The fraction of sp³-hybridized carbons (Fsp3) is 0.444. The molecule has 0 spiro atoms. The van der Waals surface area contributed by atoms with Crippen molar-refractivity contribution in [3.05, 3.63) is 54.2 Å². The second-order valence-corrected chi connectivity index (χ2v) is 10.5. The highest BCUT2D eigenvalue weighted by Gasteiger charge is 2.72. The van der Waals surface area contributed by atoms with E-state index in [4.69, 9.17) is 9.31 Å². The molecule has 0 unspecified atom stereocenters. The third kappa shape index (κ3) is 5.53. The van der Waals surface area contributed by atoms with Gasteiger partial charge in [-0.15, -0.1) is 0 Å². The first-order valence-corrected chi connectivity index (χ1v) is 13.1. The number of benzene rings is 1. The van der Waals surface area contributed by atoms with Crippen LogP contribution < -0.4 is 10.6 Å². The zero-order valence-electron chi connectivity index (χ0n) is 22.6. The number of carbonyl (C=O) groups is 4. The Bertz CT molecular complexity index is 1230. The molecule has 11 nitrogen and oxygen atoms in total. The molecule has 3 N–H and O–H groups in total. The minimum atomic E-state index is -2.77. The van der Waals surface area contributed by atoms with Crippen LogP contribution in [0, 0.1) is 5.92 Å². The first kappa shape index (κ1) is 28.2. The molecule has 2 aliphatic rings. The quantitative estimate of drug-likeness (QED) is 0.322. The number of aliphatic hydroxyl groups is 1. The highest BCUT2D eigenvalue weighted by Crippen LogP contribution is 2.42. The Morgan fingerprint density at radius 2 is 1.59 bits per heavy atom. The van der Waals surface area contributed by atoms with Crippen LogP contribution in [0.15, 0.2) is 48.5 Å². The van der Waals surface area contributed by atoms with Crippen LogP contribution in [0.1, 0.15) is 51.5 Å². The van der Waals surface area contributed by atoms with Gasteiger partial charge in [0.05, 0.1) is 17.7 Å². The second kappa shape index (κ2) is 11.2. The number of hydrogen-bond acceptors (Lipinski definition) is 8. The van der Waals surface area contributed by atoms with Crippen molar-refractivity contribution in [2.24, 2.45) is 5.92 Å². The van der Waals surface area contributed by atoms with E-state index in [0.29, 0.717) is 5.69 Å². The summed E-state index contributed by atoms with van der Waals surface area (Å²) in [5.74, 6) is -3.51. The van der Waals surface area contributed by atoms with E-state index in [1.807, 2.05) is 44.2 Å². The van der Waals surface area contributed by atoms with Gasteiger partial charge in [-0.3, -0.25) is 9.59 Å². The van der Waals surface area contributed by atoms with E-state index in [1.165, 1.54) is 13.0 Å². The lowest BCUT2D eigenvalue weighted by atomic mass is 9.65. The van der Waals surface area contributed by atoms with Crippen LogP contribution >= 0.6 is 0 Å². The summed E-state index contributed by atoms with van der Waals surface area (Å²) >= 11 is 0. The van der Waals surface area contributed by atoms with E-state index in [0.717, 1.165) is 5.56 Å². The summed E-state index contributed by atoms with van der Waals surface area (Å²) in [5.41, 5.74) is 1.46. The van der Waals surface area contributed by atoms with E-state index >= 15 is 0 Å². The van der Waals surface area contributed by atoms with Crippen LogP contribution in [0.5, 0.6) is 0 Å². The third-order valence-electron chi connectivity index (χ3n) is 7.07. The number of rotatable bonds is 9. The van der Waals surface area contributed by atoms with Crippen molar-refractivity contribution in [3.63, 3.8) is 0 Å². The molecule has 0 bridgehead atoms. The van der Waals surface area contributed by atoms with E-state index in [9.17, 15) is 24.3 Å². The average Bonchev–Trinajstić information content (AvgIpc) is 3.30. The van der Waals surface area contributed by atoms with Crippen LogP contribution in [-0.4, -0.2) is 70.9 Å². The average molecular weight is 539 g/mol. The first-order valence-electron chi connectivity index (χ1n) is 13.1. The third-order valence-corrected chi connectivity index (χ3v) is 7.07. The number of nitrogens with one attached hydrogen (secondary N) is 2. The monoisotopic (exact) mass is 539 g/mol. The summed E-state index contributed by atoms with van der Waals surface area (Å²) < 4.78 is 13.9. The Labute approximate surface area is 226 Å². The largest absolute Gasteiger partial charge is 0.706 e. The molecule has 1 aromatic carbocycles. The topological polar surface area (TPSA) is 147 Å². The van der Waals surface area contributed by atoms with Crippen molar-refractivity contribution in [1.29, 1.82) is 0 Å². The molecule has 5 atom stereocenters. The summed E-state index contributed by atoms with van der Waals surface area (Å²) in [4.78, 5) is 56.0. The maximum Gasteiger partial charge on any atom is 0.706 e. The highest BCUT2D eigenvalue weighted by molar-refractivity contribution is 6.70. The molecule has 208 valence electrons. The van der Waals surface area contributed by atoms with Crippen LogP contribution in [0.2, 0.25) is 0 Å². The van der Waals surface area contributed by atoms with Gasteiger partial charge in [0.25, 0.3) is 5.91 Å². The SMILES string of the molecule is CC(C)C[C@H](NC(=O)[C@@H](NC(=O)c1cccc(-c2ccccc2)n1)[C@@H](C)O)[B-]12OC(=O)[C@@H](C)[O+]1[C@H](C)C(=O)O2. The predicted octanol–water partition coefficient (Wildman–Crippen LogP) is 1.68. The number of carbonyl (C=O) groups excluding carboxylic acids is 4. The number of fused-ring (bicyclic) bond motifs is 1. The van der Waals surface area contributed by atoms with Gasteiger partial charge in [0, 0.05) is 19.4 Å². The summed E-state index contributed by atoms with van der Waals surface area (Å²) in [7, 11) is 0. The maximum absolute atomic E-state index is 13.5. The summed E-state index contributed by atoms with van der Waals surface area (Å²) in [6.07, 6.45) is -2.65. The van der Waals surface area contributed by atoms with Crippen LogP contribution in [0.4, 0.5) is 0 Å². The van der Waals surface area contributed by atoms with Crippen molar-refractivity contribution in [3.8, 4) is 11.3 Å². The Kier molecular flexibility index (Phi) is 8.08. The number of aromatic nitrogens is 1. The second-order valence-electron chi connectivity index (χ2n) is 10.5. The minimum Gasteiger partial charge on any atom is -0.577 e. The molecule has 1 aromatic heterocycles. The van der Waals surface area contributed by atoms with Crippen LogP contribution in [0.25, 0.3) is 11.3 Å². The van der Waals surface area contributed by atoms with Gasteiger partial charge in [0.15, 0.2) is 0 Å². The van der Waals surface area contributed by atoms with E-state index in [-0.39, 0.29) is 18.0 Å². The summed E-state index contributed by atoms with van der Waals surface area (Å²) in [6, 6.07) is 12.9. The van der Waals surface area contributed by atoms with Crippen molar-refractivity contribution >= 4 is 30.5 Å². The Morgan fingerprint density at radius 1 is 0.974 bits per heavy atom. The Morgan fingerprint density at radius 3 is 2.15 bits per heavy atom. The highest BCUT2D eigenvalue weighted by atomic mass is 16.9. The lowest BCUT2D eigenvalue weighted by Crippen LogP contribution is -2.65. The number of aliphatic hydroxyl groups excluding tert-OH is 1. The predicted molar refractivity (Wildman–Crippen MR) is 142 cm³/mol. The number of hydrogen-bond donors (Lipinski definition) is 3. The van der Waals surface area contributed by atoms with Gasteiger partial charge in [-0.25, -0.2) is 14.6 Å². The smallest absolute Gasteiger partial charge is 0.577 e. The molecule has 4 rings (SSSR count). The van der Waals surface area contributed by atoms with Gasteiger partial charge >= 0.3 is 18.7 Å². The first-order chi connectivity index (χ1) is 18.4. The zero-order valence-corrected chi connectivity index (χ0v) is 22.6. The molecule has 2 fully saturated rings. The van der Waals surface area contributed by atoms with Crippen molar-refractivity contribution in [1.82, 2.24) is 15.6 Å². The molecule has 2 aromatic rings. The molecule has 12 heteroatoms. The van der Waals surface area contributed by atoms with Gasteiger partial charge in [0.2, 0.25) is 18.1 Å². The fourth-order valence-corrected chi connectivity index (χ4v) is 5.16. The molecule has 3 heterocycles. The molecule has 2 amide bonds. The molecular weight excluding hydrogens is 505 g/mol.